The first-order valence-corrected chi connectivity index (χ1v) is 6.92. The van der Waals surface area contributed by atoms with Gasteiger partial charge in [0.05, 0.1) is 7.11 Å². The van der Waals surface area contributed by atoms with Gasteiger partial charge in [-0.3, -0.25) is 4.79 Å². The van der Waals surface area contributed by atoms with Crippen molar-refractivity contribution in [3.8, 4) is 5.75 Å². The van der Waals surface area contributed by atoms with Crippen molar-refractivity contribution in [1.82, 2.24) is 4.90 Å². The van der Waals surface area contributed by atoms with E-state index in [2.05, 4.69) is 0 Å². The van der Waals surface area contributed by atoms with E-state index in [0.717, 1.165) is 12.8 Å². The van der Waals surface area contributed by atoms with Crippen molar-refractivity contribution in [2.24, 2.45) is 11.7 Å². The molecule has 4 nitrogen and oxygen atoms in total. The van der Waals surface area contributed by atoms with Gasteiger partial charge in [0.25, 0.3) is 5.91 Å². The van der Waals surface area contributed by atoms with Crippen LogP contribution >= 0.6 is 0 Å². The monoisotopic (exact) mass is 280 g/mol. The Morgan fingerprint density at radius 1 is 1.50 bits per heavy atom. The van der Waals surface area contributed by atoms with Crippen molar-refractivity contribution in [2.45, 2.75) is 25.8 Å². The van der Waals surface area contributed by atoms with Gasteiger partial charge in [0, 0.05) is 12.6 Å². The van der Waals surface area contributed by atoms with Crippen molar-refractivity contribution in [2.75, 3.05) is 20.2 Å². The number of halogens is 1. The number of nitrogens with two attached hydrogens (primary N) is 1. The van der Waals surface area contributed by atoms with Crippen LogP contribution in [0.15, 0.2) is 18.2 Å². The normalized spacial score (nSPS) is 22.7. The third-order valence-corrected chi connectivity index (χ3v) is 3.98. The van der Waals surface area contributed by atoms with Crippen LogP contribution in [-0.4, -0.2) is 37.0 Å². The molecule has 5 heteroatoms. The number of carbonyl (C=O) groups is 1. The van der Waals surface area contributed by atoms with Gasteiger partial charge < -0.3 is 15.4 Å². The van der Waals surface area contributed by atoms with Gasteiger partial charge >= 0.3 is 0 Å². The van der Waals surface area contributed by atoms with Gasteiger partial charge in [0.2, 0.25) is 0 Å². The fourth-order valence-corrected chi connectivity index (χ4v) is 2.68. The van der Waals surface area contributed by atoms with E-state index < -0.39 is 5.82 Å². The molecule has 1 aromatic carbocycles. The van der Waals surface area contributed by atoms with Crippen LogP contribution in [0.1, 0.15) is 30.1 Å². The lowest BCUT2D eigenvalue weighted by Gasteiger charge is -2.38. The van der Waals surface area contributed by atoms with Crippen molar-refractivity contribution < 1.29 is 13.9 Å². The zero-order chi connectivity index (χ0) is 14.7. The number of hydrogen-bond donors (Lipinski definition) is 1. The second kappa shape index (κ2) is 6.22. The van der Waals surface area contributed by atoms with Crippen LogP contribution in [0.4, 0.5) is 4.39 Å². The minimum Gasteiger partial charge on any atom is -0.496 e. The summed E-state index contributed by atoms with van der Waals surface area (Å²) in [4.78, 5) is 14.3. The van der Waals surface area contributed by atoms with Crippen molar-refractivity contribution in [3.05, 3.63) is 29.6 Å². The molecule has 2 N–H and O–H groups in total. The number of rotatable bonds is 3. The van der Waals surface area contributed by atoms with Crippen LogP contribution in [0.2, 0.25) is 0 Å². The highest BCUT2D eigenvalue weighted by molar-refractivity contribution is 5.97. The lowest BCUT2D eigenvalue weighted by Crippen LogP contribution is -2.47. The maximum Gasteiger partial charge on any atom is 0.260 e. The van der Waals surface area contributed by atoms with Gasteiger partial charge in [-0.15, -0.1) is 0 Å². The number of ether oxygens (including phenoxy) is 1. The molecule has 1 aliphatic heterocycles. The third kappa shape index (κ3) is 2.77. The third-order valence-electron chi connectivity index (χ3n) is 3.98. The average Bonchev–Trinajstić information content (AvgIpc) is 2.46. The van der Waals surface area contributed by atoms with E-state index in [-0.39, 0.29) is 29.2 Å². The lowest BCUT2D eigenvalue weighted by molar-refractivity contribution is 0.0558. The lowest BCUT2D eigenvalue weighted by atomic mass is 9.93. The first-order chi connectivity index (χ1) is 9.58. The van der Waals surface area contributed by atoms with Crippen LogP contribution in [0.25, 0.3) is 0 Å². The summed E-state index contributed by atoms with van der Waals surface area (Å²) in [7, 11) is 1.44. The maximum atomic E-state index is 14.0. The van der Waals surface area contributed by atoms with Crippen LogP contribution in [0.3, 0.4) is 0 Å². The Hall–Kier alpha value is -1.62. The summed E-state index contributed by atoms with van der Waals surface area (Å²) in [5, 5.41) is 0. The van der Waals surface area contributed by atoms with Crippen molar-refractivity contribution in [3.63, 3.8) is 0 Å². The molecule has 1 aromatic rings. The Labute approximate surface area is 118 Å². The first-order valence-electron chi connectivity index (χ1n) is 6.92. The van der Waals surface area contributed by atoms with Crippen molar-refractivity contribution >= 4 is 5.91 Å². The van der Waals surface area contributed by atoms with Gasteiger partial charge in [-0.25, -0.2) is 4.39 Å². The summed E-state index contributed by atoms with van der Waals surface area (Å²) in [6.07, 6.45) is 1.90. The summed E-state index contributed by atoms with van der Waals surface area (Å²) in [6, 6.07) is 4.51. The van der Waals surface area contributed by atoms with E-state index in [0.29, 0.717) is 13.1 Å². The minimum absolute atomic E-state index is 0.0134. The predicted octanol–water partition coefficient (Wildman–Crippen LogP) is 2.03. The molecule has 20 heavy (non-hydrogen) atoms. The van der Waals surface area contributed by atoms with E-state index in [1.165, 1.54) is 19.2 Å². The Morgan fingerprint density at radius 2 is 2.25 bits per heavy atom. The molecular weight excluding hydrogens is 259 g/mol. The van der Waals surface area contributed by atoms with E-state index >= 15 is 0 Å². The van der Waals surface area contributed by atoms with E-state index in [9.17, 15) is 9.18 Å². The highest BCUT2D eigenvalue weighted by Crippen LogP contribution is 2.28. The van der Waals surface area contributed by atoms with Crippen LogP contribution in [-0.2, 0) is 0 Å². The summed E-state index contributed by atoms with van der Waals surface area (Å²) in [6.45, 7) is 3.11. The van der Waals surface area contributed by atoms with E-state index in [4.69, 9.17) is 10.5 Å². The minimum atomic E-state index is -0.545. The van der Waals surface area contributed by atoms with Crippen LogP contribution < -0.4 is 10.5 Å². The predicted molar refractivity (Wildman–Crippen MR) is 75.2 cm³/mol. The fraction of sp³-hybridized carbons (Fsp3) is 0.533. The van der Waals surface area contributed by atoms with Crippen LogP contribution in [0.5, 0.6) is 5.75 Å². The molecule has 1 aliphatic rings. The molecule has 0 spiro atoms. The molecule has 0 aliphatic carbocycles. The number of benzene rings is 1. The molecule has 0 radical (unpaired) electrons. The Morgan fingerprint density at radius 3 is 2.90 bits per heavy atom. The summed E-state index contributed by atoms with van der Waals surface area (Å²) in [5.74, 6) is -0.299. The topological polar surface area (TPSA) is 55.6 Å². The molecular formula is C15H21FN2O2. The molecule has 0 bridgehead atoms. The van der Waals surface area contributed by atoms with Crippen molar-refractivity contribution in [1.29, 1.82) is 0 Å². The quantitative estimate of drug-likeness (QED) is 0.921. The number of amides is 1. The number of carbonyl (C=O) groups excluding carboxylic acids is 1. The van der Waals surface area contributed by atoms with E-state index in [1.807, 2.05) is 6.92 Å². The zero-order valence-corrected chi connectivity index (χ0v) is 11.9. The second-order valence-electron chi connectivity index (χ2n) is 5.30. The highest BCUT2D eigenvalue weighted by Gasteiger charge is 2.31. The molecule has 2 unspecified atom stereocenters. The van der Waals surface area contributed by atoms with Gasteiger partial charge in [-0.2, -0.15) is 0 Å². The molecule has 2 atom stereocenters. The Bertz CT molecular complexity index is 493. The second-order valence-corrected chi connectivity index (χ2v) is 5.30. The first kappa shape index (κ1) is 14.8. The fourth-order valence-electron chi connectivity index (χ4n) is 2.68. The van der Waals surface area contributed by atoms with Gasteiger partial charge in [-0.05, 0) is 44.4 Å². The summed E-state index contributed by atoms with van der Waals surface area (Å²) in [5.41, 5.74) is 5.71. The molecule has 1 amide bonds. The van der Waals surface area contributed by atoms with Gasteiger partial charge in [0.15, 0.2) is 0 Å². The Balaban J connectivity index is 2.30. The summed E-state index contributed by atoms with van der Waals surface area (Å²) >= 11 is 0. The SMILES string of the molecule is COc1cccc(F)c1C(=O)N1CC(CN)CCC1C. The number of piperidine rings is 1. The molecule has 0 aromatic heterocycles. The molecule has 2 rings (SSSR count). The number of hydrogen-bond acceptors (Lipinski definition) is 3. The van der Waals surface area contributed by atoms with Crippen LogP contribution in [0, 0.1) is 11.7 Å². The largest absolute Gasteiger partial charge is 0.496 e. The molecule has 1 fully saturated rings. The Kier molecular flexibility index (Phi) is 4.60. The smallest absolute Gasteiger partial charge is 0.260 e. The zero-order valence-electron chi connectivity index (χ0n) is 11.9. The number of likely N-dealkylation sites (tertiary alicyclic amines) is 1. The molecule has 110 valence electrons. The number of methoxy groups -OCH3 is 1. The molecule has 1 heterocycles. The average molecular weight is 280 g/mol. The van der Waals surface area contributed by atoms with E-state index in [1.54, 1.807) is 11.0 Å². The highest BCUT2D eigenvalue weighted by atomic mass is 19.1. The molecule has 0 saturated carbocycles. The standard InChI is InChI=1S/C15H21FN2O2/c1-10-6-7-11(8-17)9-18(10)15(19)14-12(16)4-3-5-13(14)20-2/h3-5,10-11H,6-9,17H2,1-2H3. The molecule has 1 saturated heterocycles. The summed E-state index contributed by atoms with van der Waals surface area (Å²) < 4.78 is 19.1. The maximum absolute atomic E-state index is 14.0. The number of nitrogens with zero attached hydrogens (tertiary/aromatic N) is 1. The van der Waals surface area contributed by atoms with Gasteiger partial charge in [0.1, 0.15) is 17.1 Å². The van der Waals surface area contributed by atoms with Gasteiger partial charge in [-0.1, -0.05) is 6.07 Å².